The Hall–Kier alpha value is -1.10. The van der Waals surface area contributed by atoms with E-state index >= 15 is 0 Å². The van der Waals surface area contributed by atoms with Gasteiger partial charge in [0.15, 0.2) is 4.77 Å². The van der Waals surface area contributed by atoms with Gasteiger partial charge in [0.05, 0.1) is 16.1 Å². The van der Waals surface area contributed by atoms with E-state index in [1.165, 1.54) is 0 Å². The van der Waals surface area contributed by atoms with Gasteiger partial charge in [0, 0.05) is 10.2 Å². The van der Waals surface area contributed by atoms with Crippen molar-refractivity contribution in [2.75, 3.05) is 0 Å². The minimum atomic E-state index is 0.639. The number of rotatable bonds is 1. The second kappa shape index (κ2) is 4.78. The molecule has 0 atom stereocenters. The lowest BCUT2D eigenvalue weighted by Gasteiger charge is -2.07. The van der Waals surface area contributed by atoms with Crippen molar-refractivity contribution < 1.29 is 0 Å². The summed E-state index contributed by atoms with van der Waals surface area (Å²) in [6.07, 6.45) is 0. The smallest absolute Gasteiger partial charge is 0.182 e. The number of halogens is 2. The van der Waals surface area contributed by atoms with Crippen LogP contribution in [-0.2, 0) is 0 Å². The molecule has 0 radical (unpaired) electrons. The van der Waals surface area contributed by atoms with Gasteiger partial charge in [-0.05, 0) is 55.0 Å². The molecule has 2 nitrogen and oxygen atoms in total. The largest absolute Gasteiger partial charge is 0.330 e. The second-order valence-corrected chi connectivity index (χ2v) is 6.10. The molecule has 0 unspecified atom stereocenters. The fraction of sp³-hybridized carbons (Fsp3) is 0.0714. The van der Waals surface area contributed by atoms with Gasteiger partial charge in [-0.2, -0.15) is 0 Å². The topological polar surface area (TPSA) is 20.7 Å². The normalized spacial score (nSPS) is 11.1. The van der Waals surface area contributed by atoms with Crippen molar-refractivity contribution in [2.24, 2.45) is 0 Å². The van der Waals surface area contributed by atoms with Gasteiger partial charge in [-0.1, -0.05) is 33.6 Å². The van der Waals surface area contributed by atoms with E-state index in [4.69, 9.17) is 23.8 Å². The molecular formula is C14H10BrClN2S. The first kappa shape index (κ1) is 12.9. The number of aromatic amines is 1. The van der Waals surface area contributed by atoms with E-state index in [9.17, 15) is 0 Å². The third-order valence-corrected chi connectivity index (χ3v) is 3.99. The molecule has 19 heavy (non-hydrogen) atoms. The van der Waals surface area contributed by atoms with Crippen molar-refractivity contribution in [1.82, 2.24) is 9.55 Å². The Labute approximate surface area is 129 Å². The summed E-state index contributed by atoms with van der Waals surface area (Å²) in [5.74, 6) is 0. The molecule has 0 amide bonds. The molecule has 0 saturated carbocycles. The molecule has 96 valence electrons. The number of imidazole rings is 1. The molecule has 0 saturated heterocycles. The molecule has 0 aliphatic rings. The number of hydrogen-bond donors (Lipinski definition) is 1. The molecule has 0 aliphatic carbocycles. The number of aromatic nitrogens is 2. The lowest BCUT2D eigenvalue weighted by atomic mass is 10.2. The maximum Gasteiger partial charge on any atom is 0.182 e. The summed E-state index contributed by atoms with van der Waals surface area (Å²) >= 11 is 15.2. The summed E-state index contributed by atoms with van der Waals surface area (Å²) in [6.45, 7) is 2.05. The third kappa shape index (κ3) is 2.24. The SMILES string of the molecule is Cc1cc(Br)cc(-n2c(=S)[nH]c3cccc(Cl)c32)c1. The summed E-state index contributed by atoms with van der Waals surface area (Å²) in [5.41, 5.74) is 4.01. The number of para-hydroxylation sites is 1. The van der Waals surface area contributed by atoms with Gasteiger partial charge in [0.2, 0.25) is 0 Å². The van der Waals surface area contributed by atoms with Gasteiger partial charge in [0.1, 0.15) is 0 Å². The first-order valence-corrected chi connectivity index (χ1v) is 7.31. The van der Waals surface area contributed by atoms with Gasteiger partial charge >= 0.3 is 0 Å². The first-order valence-electron chi connectivity index (χ1n) is 5.73. The van der Waals surface area contributed by atoms with Gasteiger partial charge in [-0.25, -0.2) is 0 Å². The van der Waals surface area contributed by atoms with E-state index in [1.807, 2.05) is 35.8 Å². The Kier molecular flexibility index (Phi) is 3.25. The lowest BCUT2D eigenvalue weighted by molar-refractivity contribution is 1.06. The molecule has 0 aliphatic heterocycles. The third-order valence-electron chi connectivity index (χ3n) is 2.94. The zero-order valence-electron chi connectivity index (χ0n) is 10.1. The van der Waals surface area contributed by atoms with E-state index in [-0.39, 0.29) is 0 Å². The zero-order valence-corrected chi connectivity index (χ0v) is 13.2. The predicted octanol–water partition coefficient (Wildman–Crippen LogP) is 5.41. The van der Waals surface area contributed by atoms with Gasteiger partial charge in [-0.15, -0.1) is 0 Å². The van der Waals surface area contributed by atoms with Crippen LogP contribution in [0.3, 0.4) is 0 Å². The van der Waals surface area contributed by atoms with Crippen molar-refractivity contribution in [3.63, 3.8) is 0 Å². The van der Waals surface area contributed by atoms with Gasteiger partial charge < -0.3 is 4.98 Å². The summed E-state index contributed by atoms with van der Waals surface area (Å²) in [7, 11) is 0. The van der Waals surface area contributed by atoms with Crippen LogP contribution in [0.4, 0.5) is 0 Å². The highest BCUT2D eigenvalue weighted by Gasteiger charge is 2.10. The summed E-state index contributed by atoms with van der Waals surface area (Å²) in [5, 5.41) is 0.683. The minimum absolute atomic E-state index is 0.639. The fourth-order valence-corrected chi connectivity index (χ4v) is 3.37. The van der Waals surface area contributed by atoms with Crippen LogP contribution in [0.5, 0.6) is 0 Å². The van der Waals surface area contributed by atoms with Gasteiger partial charge in [-0.3, -0.25) is 4.57 Å². The molecule has 2 aromatic carbocycles. The van der Waals surface area contributed by atoms with Crippen LogP contribution in [-0.4, -0.2) is 9.55 Å². The number of H-pyrrole nitrogens is 1. The Balaban J connectivity index is 2.42. The monoisotopic (exact) mass is 352 g/mol. The number of aryl methyl sites for hydroxylation is 1. The standard InChI is InChI=1S/C14H10BrClN2S/c1-8-5-9(15)7-10(6-8)18-13-11(16)3-2-4-12(13)17-14(18)19/h2-7H,1H3,(H,17,19). The average molecular weight is 354 g/mol. The molecule has 3 rings (SSSR count). The van der Waals surface area contributed by atoms with Crippen LogP contribution in [0.15, 0.2) is 40.9 Å². The lowest BCUT2D eigenvalue weighted by Crippen LogP contribution is -1.95. The van der Waals surface area contributed by atoms with Crippen LogP contribution >= 0.6 is 39.7 Å². The highest BCUT2D eigenvalue weighted by Crippen LogP contribution is 2.28. The van der Waals surface area contributed by atoms with Gasteiger partial charge in [0.25, 0.3) is 0 Å². The predicted molar refractivity (Wildman–Crippen MR) is 85.9 cm³/mol. The Bertz CT molecular complexity index is 815. The Morgan fingerprint density at radius 1 is 1.26 bits per heavy atom. The molecule has 1 aromatic heterocycles. The zero-order chi connectivity index (χ0) is 13.6. The highest BCUT2D eigenvalue weighted by molar-refractivity contribution is 9.10. The second-order valence-electron chi connectivity index (χ2n) is 4.39. The van der Waals surface area contributed by atoms with Crippen molar-refractivity contribution in [2.45, 2.75) is 6.92 Å². The molecule has 3 aromatic rings. The summed E-state index contributed by atoms with van der Waals surface area (Å²) in [4.78, 5) is 3.18. The van der Waals surface area contributed by atoms with Crippen LogP contribution < -0.4 is 0 Å². The maximum atomic E-state index is 6.31. The van der Waals surface area contributed by atoms with E-state index < -0.39 is 0 Å². The number of nitrogens with one attached hydrogen (secondary N) is 1. The molecule has 0 bridgehead atoms. The number of benzene rings is 2. The average Bonchev–Trinajstić information content (AvgIpc) is 2.65. The minimum Gasteiger partial charge on any atom is -0.330 e. The maximum absolute atomic E-state index is 6.31. The number of fused-ring (bicyclic) bond motifs is 1. The van der Waals surface area contributed by atoms with E-state index in [1.54, 1.807) is 0 Å². The quantitative estimate of drug-likeness (QED) is 0.580. The van der Waals surface area contributed by atoms with Crippen molar-refractivity contribution in [3.8, 4) is 5.69 Å². The van der Waals surface area contributed by atoms with Crippen molar-refractivity contribution >= 4 is 50.8 Å². The molecule has 0 fully saturated rings. The van der Waals surface area contributed by atoms with Crippen LogP contribution in [0.25, 0.3) is 16.7 Å². The summed E-state index contributed by atoms with van der Waals surface area (Å²) in [6, 6.07) is 11.9. The first-order chi connectivity index (χ1) is 9.06. The molecule has 0 spiro atoms. The van der Waals surface area contributed by atoms with Crippen LogP contribution in [0, 0.1) is 11.7 Å². The Morgan fingerprint density at radius 3 is 2.79 bits per heavy atom. The highest BCUT2D eigenvalue weighted by atomic mass is 79.9. The molecular weight excluding hydrogens is 344 g/mol. The number of hydrogen-bond acceptors (Lipinski definition) is 1. The molecule has 1 heterocycles. The van der Waals surface area contributed by atoms with E-state index in [0.29, 0.717) is 9.79 Å². The molecule has 1 N–H and O–H groups in total. The number of nitrogens with zero attached hydrogens (tertiary/aromatic N) is 1. The van der Waals surface area contributed by atoms with Crippen molar-refractivity contribution in [3.05, 3.63) is 56.2 Å². The fourth-order valence-electron chi connectivity index (χ4n) is 2.21. The van der Waals surface area contributed by atoms with Crippen molar-refractivity contribution in [1.29, 1.82) is 0 Å². The van der Waals surface area contributed by atoms with E-state index in [0.717, 1.165) is 26.8 Å². The van der Waals surface area contributed by atoms with Crippen LogP contribution in [0.2, 0.25) is 5.02 Å². The molecule has 5 heteroatoms. The Morgan fingerprint density at radius 2 is 2.05 bits per heavy atom. The summed E-state index contributed by atoms with van der Waals surface area (Å²) < 4.78 is 3.62. The van der Waals surface area contributed by atoms with E-state index in [2.05, 4.69) is 33.0 Å². The van der Waals surface area contributed by atoms with Crippen LogP contribution in [0.1, 0.15) is 5.56 Å².